The van der Waals surface area contributed by atoms with Crippen molar-refractivity contribution in [1.29, 1.82) is 0 Å². The fourth-order valence-corrected chi connectivity index (χ4v) is 1.82. The van der Waals surface area contributed by atoms with E-state index in [1.807, 2.05) is 0 Å². The SMILES string of the molecule is CC(=O)O[C@@H]1[C@@H](NC(=O)C(F)(F)F)C[C@H](O)O[C@H]1C. The molecule has 0 aromatic rings. The van der Waals surface area contributed by atoms with E-state index >= 15 is 0 Å². The van der Waals surface area contributed by atoms with Crippen molar-refractivity contribution in [3.63, 3.8) is 0 Å². The fraction of sp³-hybridized carbons (Fsp3) is 0.800. The molecule has 1 amide bonds. The lowest BCUT2D eigenvalue weighted by Crippen LogP contribution is -2.58. The number of aliphatic hydroxyl groups excluding tert-OH is 1. The van der Waals surface area contributed by atoms with E-state index < -0.39 is 42.6 Å². The summed E-state index contributed by atoms with van der Waals surface area (Å²) in [4.78, 5) is 21.8. The molecule has 4 atom stereocenters. The molecule has 0 aromatic carbocycles. The summed E-state index contributed by atoms with van der Waals surface area (Å²) < 4.78 is 46.3. The molecule has 1 fully saturated rings. The van der Waals surface area contributed by atoms with Gasteiger partial charge >= 0.3 is 18.1 Å². The van der Waals surface area contributed by atoms with E-state index in [0.29, 0.717) is 0 Å². The van der Waals surface area contributed by atoms with Crippen LogP contribution in [0, 0.1) is 0 Å². The van der Waals surface area contributed by atoms with Gasteiger partial charge in [0.15, 0.2) is 6.29 Å². The molecule has 0 radical (unpaired) electrons. The predicted molar refractivity (Wildman–Crippen MR) is 54.7 cm³/mol. The molecule has 6 nitrogen and oxygen atoms in total. The summed E-state index contributed by atoms with van der Waals surface area (Å²) in [6.45, 7) is 2.50. The number of amides is 1. The zero-order chi connectivity index (χ0) is 14.8. The third kappa shape index (κ3) is 4.35. The number of hydrogen-bond acceptors (Lipinski definition) is 5. The Morgan fingerprint density at radius 2 is 2.00 bits per heavy atom. The third-order valence-corrected chi connectivity index (χ3v) is 2.56. The van der Waals surface area contributed by atoms with Crippen LogP contribution in [0.5, 0.6) is 0 Å². The lowest BCUT2D eigenvalue weighted by Gasteiger charge is -2.38. The summed E-state index contributed by atoms with van der Waals surface area (Å²) in [5.41, 5.74) is 0. The summed E-state index contributed by atoms with van der Waals surface area (Å²) in [7, 11) is 0. The predicted octanol–water partition coefficient (Wildman–Crippen LogP) is 0.0924. The molecule has 0 unspecified atom stereocenters. The highest BCUT2D eigenvalue weighted by atomic mass is 19.4. The molecule has 0 saturated carbocycles. The smallest absolute Gasteiger partial charge is 0.458 e. The minimum Gasteiger partial charge on any atom is -0.458 e. The van der Waals surface area contributed by atoms with Crippen LogP contribution in [0.2, 0.25) is 0 Å². The lowest BCUT2D eigenvalue weighted by molar-refractivity contribution is -0.217. The van der Waals surface area contributed by atoms with Crippen molar-refractivity contribution in [3.8, 4) is 0 Å². The quantitative estimate of drug-likeness (QED) is 0.703. The average molecular weight is 285 g/mol. The Kier molecular flexibility index (Phi) is 4.75. The van der Waals surface area contributed by atoms with Gasteiger partial charge < -0.3 is 19.9 Å². The van der Waals surface area contributed by atoms with Crippen LogP contribution in [0.15, 0.2) is 0 Å². The topological polar surface area (TPSA) is 84.9 Å². The van der Waals surface area contributed by atoms with Crippen LogP contribution < -0.4 is 5.32 Å². The minimum atomic E-state index is -5.05. The maximum absolute atomic E-state index is 12.2. The first-order valence-corrected chi connectivity index (χ1v) is 5.49. The van der Waals surface area contributed by atoms with Crippen molar-refractivity contribution in [2.45, 2.75) is 51.0 Å². The van der Waals surface area contributed by atoms with Gasteiger partial charge in [0.1, 0.15) is 6.10 Å². The summed E-state index contributed by atoms with van der Waals surface area (Å²) in [6.07, 6.45) is -8.61. The number of aliphatic hydroxyl groups is 1. The number of esters is 1. The number of nitrogens with one attached hydrogen (secondary N) is 1. The van der Waals surface area contributed by atoms with Crippen LogP contribution >= 0.6 is 0 Å². The van der Waals surface area contributed by atoms with Crippen LogP contribution in [-0.4, -0.2) is 47.7 Å². The summed E-state index contributed by atoms with van der Waals surface area (Å²) in [6, 6.07) is -1.17. The number of hydrogen-bond donors (Lipinski definition) is 2. The Labute approximate surface area is 106 Å². The number of carbonyl (C=O) groups is 2. The summed E-state index contributed by atoms with van der Waals surface area (Å²) in [5, 5.41) is 11.0. The van der Waals surface area contributed by atoms with E-state index in [1.165, 1.54) is 6.92 Å². The van der Waals surface area contributed by atoms with Crippen molar-refractivity contribution in [1.82, 2.24) is 5.32 Å². The second-order valence-electron chi connectivity index (χ2n) is 4.18. The first-order valence-electron chi connectivity index (χ1n) is 5.49. The van der Waals surface area contributed by atoms with Gasteiger partial charge in [0.05, 0.1) is 12.1 Å². The van der Waals surface area contributed by atoms with Gasteiger partial charge in [-0.2, -0.15) is 13.2 Å². The maximum atomic E-state index is 12.2. The van der Waals surface area contributed by atoms with Crippen molar-refractivity contribution in [2.75, 3.05) is 0 Å². The van der Waals surface area contributed by atoms with Gasteiger partial charge in [-0.15, -0.1) is 0 Å². The number of carbonyl (C=O) groups excluding carboxylic acids is 2. The zero-order valence-corrected chi connectivity index (χ0v) is 10.2. The van der Waals surface area contributed by atoms with E-state index in [4.69, 9.17) is 9.47 Å². The van der Waals surface area contributed by atoms with Crippen LogP contribution in [0.25, 0.3) is 0 Å². The van der Waals surface area contributed by atoms with Crippen molar-refractivity contribution in [3.05, 3.63) is 0 Å². The molecule has 9 heteroatoms. The molecule has 110 valence electrons. The Balaban J connectivity index is 2.79. The van der Waals surface area contributed by atoms with E-state index in [9.17, 15) is 27.9 Å². The molecule has 1 saturated heterocycles. The van der Waals surface area contributed by atoms with Crippen LogP contribution in [0.4, 0.5) is 13.2 Å². The molecule has 0 aromatic heterocycles. The average Bonchev–Trinajstić information content (AvgIpc) is 2.21. The zero-order valence-electron chi connectivity index (χ0n) is 10.2. The highest BCUT2D eigenvalue weighted by Crippen LogP contribution is 2.23. The van der Waals surface area contributed by atoms with Gasteiger partial charge in [0, 0.05) is 13.3 Å². The molecule has 0 spiro atoms. The fourth-order valence-electron chi connectivity index (χ4n) is 1.82. The first-order chi connectivity index (χ1) is 8.61. The first kappa shape index (κ1) is 15.7. The van der Waals surface area contributed by atoms with Gasteiger partial charge in [-0.1, -0.05) is 0 Å². The largest absolute Gasteiger partial charge is 0.471 e. The number of halogens is 3. The standard InChI is InChI=1S/C10H14F3NO5/c1-4-8(19-5(2)15)6(3-7(16)18-4)14-9(17)10(11,12)13/h4,6-8,16H,3H2,1-2H3,(H,14,17)/t4-,6-,7+,8-/m0/s1. The molecule has 1 aliphatic heterocycles. The number of ether oxygens (including phenoxy) is 2. The lowest BCUT2D eigenvalue weighted by atomic mass is 9.99. The monoisotopic (exact) mass is 285 g/mol. The van der Waals surface area contributed by atoms with Crippen LogP contribution in [0.1, 0.15) is 20.3 Å². The Morgan fingerprint density at radius 3 is 2.47 bits per heavy atom. The van der Waals surface area contributed by atoms with E-state index in [1.54, 1.807) is 5.32 Å². The second-order valence-corrected chi connectivity index (χ2v) is 4.18. The van der Waals surface area contributed by atoms with Gasteiger partial charge in [-0.05, 0) is 6.92 Å². The van der Waals surface area contributed by atoms with E-state index in [0.717, 1.165) is 6.92 Å². The van der Waals surface area contributed by atoms with Crippen molar-refractivity contribution in [2.24, 2.45) is 0 Å². The summed E-state index contributed by atoms with van der Waals surface area (Å²) in [5.74, 6) is -2.88. The molecule has 2 N–H and O–H groups in total. The molecular weight excluding hydrogens is 271 g/mol. The van der Waals surface area contributed by atoms with Crippen molar-refractivity contribution >= 4 is 11.9 Å². The van der Waals surface area contributed by atoms with Crippen LogP contribution in [-0.2, 0) is 19.1 Å². The molecule has 1 heterocycles. The molecule has 0 bridgehead atoms. The second kappa shape index (κ2) is 5.74. The number of rotatable bonds is 2. The van der Waals surface area contributed by atoms with Gasteiger partial charge in [-0.3, -0.25) is 9.59 Å². The molecule has 0 aliphatic carbocycles. The van der Waals surface area contributed by atoms with Crippen LogP contribution in [0.3, 0.4) is 0 Å². The number of alkyl halides is 3. The maximum Gasteiger partial charge on any atom is 0.471 e. The van der Waals surface area contributed by atoms with E-state index in [-0.39, 0.29) is 6.42 Å². The molecule has 1 rings (SSSR count). The van der Waals surface area contributed by atoms with E-state index in [2.05, 4.69) is 0 Å². The highest BCUT2D eigenvalue weighted by Gasteiger charge is 2.45. The molecular formula is C10H14F3NO5. The normalized spacial score (nSPS) is 31.7. The van der Waals surface area contributed by atoms with Crippen molar-refractivity contribution < 1.29 is 37.3 Å². The molecule has 19 heavy (non-hydrogen) atoms. The Morgan fingerprint density at radius 1 is 1.42 bits per heavy atom. The molecule has 1 aliphatic rings. The summed E-state index contributed by atoms with van der Waals surface area (Å²) >= 11 is 0. The Bertz CT molecular complexity index is 360. The minimum absolute atomic E-state index is 0.301. The Hall–Kier alpha value is -1.35. The van der Waals surface area contributed by atoms with Gasteiger partial charge in [-0.25, -0.2) is 0 Å². The van der Waals surface area contributed by atoms with Gasteiger partial charge in [0.2, 0.25) is 0 Å². The highest BCUT2D eigenvalue weighted by molar-refractivity contribution is 5.82. The third-order valence-electron chi connectivity index (χ3n) is 2.56. The van der Waals surface area contributed by atoms with Gasteiger partial charge in [0.25, 0.3) is 0 Å².